The van der Waals surface area contributed by atoms with Crippen LogP contribution >= 0.6 is 0 Å². The topological polar surface area (TPSA) is 65.4 Å². The summed E-state index contributed by atoms with van der Waals surface area (Å²) in [6.07, 6.45) is 1.72. The van der Waals surface area contributed by atoms with Gasteiger partial charge in [-0.15, -0.1) is 0 Å². The van der Waals surface area contributed by atoms with Gasteiger partial charge in [0.05, 0.1) is 6.61 Å². The van der Waals surface area contributed by atoms with Gasteiger partial charge in [0.2, 0.25) is 0 Å². The summed E-state index contributed by atoms with van der Waals surface area (Å²) in [6, 6.07) is 7.66. The van der Waals surface area contributed by atoms with Gasteiger partial charge in [-0.05, 0) is 31.5 Å². The van der Waals surface area contributed by atoms with Crippen molar-refractivity contribution in [3.63, 3.8) is 0 Å². The minimum Gasteiger partial charge on any atom is -0.471 e. The highest BCUT2D eigenvalue weighted by atomic mass is 16.5. The number of aromatic nitrogens is 2. The molecule has 0 fully saturated rings. The smallest absolute Gasteiger partial charge is 0.271 e. The Balaban J connectivity index is 1.90. The van der Waals surface area contributed by atoms with E-state index in [0.29, 0.717) is 18.8 Å². The van der Waals surface area contributed by atoms with Gasteiger partial charge in [-0.1, -0.05) is 17.7 Å². The van der Waals surface area contributed by atoms with E-state index in [9.17, 15) is 4.79 Å². The van der Waals surface area contributed by atoms with Crippen molar-refractivity contribution in [3.8, 4) is 5.75 Å². The molecule has 0 saturated heterocycles. The number of ether oxygens (including phenoxy) is 2. The van der Waals surface area contributed by atoms with Crippen LogP contribution in [0.25, 0.3) is 0 Å². The number of amides is 1. The van der Waals surface area contributed by atoms with Gasteiger partial charge < -0.3 is 14.8 Å². The summed E-state index contributed by atoms with van der Waals surface area (Å²) in [5, 5.41) is 6.91. The lowest BCUT2D eigenvalue weighted by atomic mass is 10.1. The summed E-state index contributed by atoms with van der Waals surface area (Å²) in [5.74, 6) is 0.592. The van der Waals surface area contributed by atoms with E-state index < -0.39 is 0 Å². The molecule has 1 amide bonds. The number of aryl methyl sites for hydroxylation is 2. The van der Waals surface area contributed by atoms with Gasteiger partial charge in [-0.3, -0.25) is 4.79 Å². The zero-order chi connectivity index (χ0) is 15.9. The standard InChI is InChI=1S/C16H21N3O3/c1-12-4-5-15(13(2)10-12)22-11-19-8-6-14(18-19)16(20)17-7-9-21-3/h4-6,8,10H,7,9,11H2,1-3H3,(H,17,20). The first-order valence-electron chi connectivity index (χ1n) is 7.11. The minimum atomic E-state index is -0.220. The van der Waals surface area contributed by atoms with Crippen molar-refractivity contribution in [1.29, 1.82) is 0 Å². The van der Waals surface area contributed by atoms with E-state index in [1.165, 1.54) is 5.56 Å². The summed E-state index contributed by atoms with van der Waals surface area (Å²) < 4.78 is 12.2. The van der Waals surface area contributed by atoms with E-state index in [2.05, 4.69) is 16.5 Å². The third-order valence-corrected chi connectivity index (χ3v) is 3.15. The normalized spacial score (nSPS) is 10.5. The van der Waals surface area contributed by atoms with Crippen LogP contribution in [0.1, 0.15) is 21.6 Å². The molecule has 1 N–H and O–H groups in total. The summed E-state index contributed by atoms with van der Waals surface area (Å²) >= 11 is 0. The fourth-order valence-electron chi connectivity index (χ4n) is 2.01. The molecule has 0 aliphatic rings. The SMILES string of the molecule is COCCNC(=O)c1ccn(COc2ccc(C)cc2C)n1. The molecule has 2 rings (SSSR count). The fraction of sp³-hybridized carbons (Fsp3) is 0.375. The number of carbonyl (C=O) groups excluding carboxylic acids is 1. The van der Waals surface area contributed by atoms with E-state index in [4.69, 9.17) is 9.47 Å². The molecule has 0 saturated carbocycles. The van der Waals surface area contributed by atoms with E-state index in [0.717, 1.165) is 11.3 Å². The van der Waals surface area contributed by atoms with Crippen LogP contribution in [0.2, 0.25) is 0 Å². The van der Waals surface area contributed by atoms with E-state index in [-0.39, 0.29) is 12.6 Å². The van der Waals surface area contributed by atoms with Crippen molar-refractivity contribution < 1.29 is 14.3 Å². The average Bonchev–Trinajstić information content (AvgIpc) is 2.95. The Bertz CT molecular complexity index is 637. The van der Waals surface area contributed by atoms with Crippen molar-refractivity contribution in [3.05, 3.63) is 47.3 Å². The van der Waals surface area contributed by atoms with Gasteiger partial charge in [0.15, 0.2) is 6.73 Å². The van der Waals surface area contributed by atoms with Gasteiger partial charge in [0.1, 0.15) is 11.4 Å². The molecular formula is C16H21N3O3. The Hall–Kier alpha value is -2.34. The summed E-state index contributed by atoms with van der Waals surface area (Å²) in [6.45, 7) is 5.23. The number of nitrogens with zero attached hydrogens (tertiary/aromatic N) is 2. The molecule has 0 aliphatic carbocycles. The number of rotatable bonds is 7. The molecule has 1 aromatic heterocycles. The summed E-state index contributed by atoms with van der Waals surface area (Å²) in [5.41, 5.74) is 2.63. The second-order valence-electron chi connectivity index (χ2n) is 5.03. The number of hydrogen-bond donors (Lipinski definition) is 1. The molecule has 1 heterocycles. The quantitative estimate of drug-likeness (QED) is 0.794. The fourth-order valence-corrected chi connectivity index (χ4v) is 2.01. The lowest BCUT2D eigenvalue weighted by Crippen LogP contribution is -2.27. The van der Waals surface area contributed by atoms with Gasteiger partial charge in [-0.2, -0.15) is 5.10 Å². The number of carbonyl (C=O) groups is 1. The molecule has 0 bridgehead atoms. The summed E-state index contributed by atoms with van der Waals surface area (Å²) in [7, 11) is 1.59. The second-order valence-corrected chi connectivity index (χ2v) is 5.03. The van der Waals surface area contributed by atoms with Crippen LogP contribution in [0.5, 0.6) is 5.75 Å². The third-order valence-electron chi connectivity index (χ3n) is 3.15. The van der Waals surface area contributed by atoms with Crippen LogP contribution in [0.3, 0.4) is 0 Å². The van der Waals surface area contributed by atoms with Gasteiger partial charge in [-0.25, -0.2) is 4.68 Å². The monoisotopic (exact) mass is 303 g/mol. The predicted octanol–water partition coefficient (Wildman–Crippen LogP) is 1.91. The third kappa shape index (κ3) is 4.33. The van der Waals surface area contributed by atoms with Crippen LogP contribution in [0.15, 0.2) is 30.5 Å². The lowest BCUT2D eigenvalue weighted by Gasteiger charge is -2.09. The maximum atomic E-state index is 11.8. The number of benzene rings is 1. The van der Waals surface area contributed by atoms with Crippen molar-refractivity contribution in [2.45, 2.75) is 20.6 Å². The minimum absolute atomic E-state index is 0.220. The van der Waals surface area contributed by atoms with Crippen LogP contribution in [0.4, 0.5) is 0 Å². The Morgan fingerprint density at radius 1 is 1.32 bits per heavy atom. The highest BCUT2D eigenvalue weighted by Gasteiger charge is 2.09. The molecule has 0 aliphatic heterocycles. The van der Waals surface area contributed by atoms with Gasteiger partial charge in [0.25, 0.3) is 5.91 Å². The van der Waals surface area contributed by atoms with E-state index in [1.54, 1.807) is 24.1 Å². The molecule has 2 aromatic rings. The molecule has 0 spiro atoms. The van der Waals surface area contributed by atoms with E-state index in [1.807, 2.05) is 26.0 Å². The molecule has 6 nitrogen and oxygen atoms in total. The predicted molar refractivity (Wildman–Crippen MR) is 83.0 cm³/mol. The molecular weight excluding hydrogens is 282 g/mol. The molecule has 1 aromatic carbocycles. The summed E-state index contributed by atoms with van der Waals surface area (Å²) in [4.78, 5) is 11.8. The highest BCUT2D eigenvalue weighted by Crippen LogP contribution is 2.18. The molecule has 0 atom stereocenters. The molecule has 6 heteroatoms. The van der Waals surface area contributed by atoms with E-state index >= 15 is 0 Å². The molecule has 0 unspecified atom stereocenters. The second kappa shape index (κ2) is 7.61. The Morgan fingerprint density at radius 3 is 2.86 bits per heavy atom. The average molecular weight is 303 g/mol. The molecule has 22 heavy (non-hydrogen) atoms. The molecule has 0 radical (unpaired) electrons. The number of nitrogens with one attached hydrogen (secondary N) is 1. The Morgan fingerprint density at radius 2 is 2.14 bits per heavy atom. The Labute approximate surface area is 130 Å². The first-order chi connectivity index (χ1) is 10.6. The lowest BCUT2D eigenvalue weighted by molar-refractivity contribution is 0.0930. The van der Waals surface area contributed by atoms with Crippen LogP contribution in [-0.2, 0) is 11.5 Å². The van der Waals surface area contributed by atoms with Crippen molar-refractivity contribution in [1.82, 2.24) is 15.1 Å². The zero-order valence-corrected chi connectivity index (χ0v) is 13.1. The van der Waals surface area contributed by atoms with Gasteiger partial charge >= 0.3 is 0 Å². The van der Waals surface area contributed by atoms with Crippen molar-refractivity contribution in [2.75, 3.05) is 20.3 Å². The van der Waals surface area contributed by atoms with Crippen LogP contribution in [-0.4, -0.2) is 35.9 Å². The highest BCUT2D eigenvalue weighted by molar-refractivity contribution is 5.92. The largest absolute Gasteiger partial charge is 0.471 e. The number of methoxy groups -OCH3 is 1. The zero-order valence-electron chi connectivity index (χ0n) is 13.1. The Kier molecular flexibility index (Phi) is 5.55. The van der Waals surface area contributed by atoms with Gasteiger partial charge in [0, 0.05) is 19.9 Å². The maximum Gasteiger partial charge on any atom is 0.271 e. The number of hydrogen-bond acceptors (Lipinski definition) is 4. The van der Waals surface area contributed by atoms with Crippen molar-refractivity contribution in [2.24, 2.45) is 0 Å². The molecule has 118 valence electrons. The van der Waals surface area contributed by atoms with Crippen LogP contribution < -0.4 is 10.1 Å². The van der Waals surface area contributed by atoms with Crippen LogP contribution in [0, 0.1) is 13.8 Å². The first-order valence-corrected chi connectivity index (χ1v) is 7.11. The first kappa shape index (κ1) is 16.0. The maximum absolute atomic E-state index is 11.8. The van der Waals surface area contributed by atoms with Crippen molar-refractivity contribution >= 4 is 5.91 Å².